The molecule has 0 saturated carbocycles. The Bertz CT molecular complexity index is 965. The Labute approximate surface area is 183 Å². The smallest absolute Gasteiger partial charge is 0.363 e. The van der Waals surface area contributed by atoms with Crippen LogP contribution in [0.5, 0.6) is 23.0 Å². The molecular formula is C24H29NO6. The normalized spacial score (nSPS) is 15.5. The number of nitrogens with zero attached hydrogens (tertiary/aromatic N) is 1. The highest BCUT2D eigenvalue weighted by molar-refractivity contribution is 6.13. The van der Waals surface area contributed by atoms with Gasteiger partial charge in [-0.1, -0.05) is 47.6 Å². The minimum atomic E-state index is -0.509. The molecule has 0 aliphatic carbocycles. The number of fused-ring (bicyclic) bond motifs is 2. The van der Waals surface area contributed by atoms with Crippen molar-refractivity contribution < 1.29 is 28.5 Å². The first kappa shape index (κ1) is 23.8. The molecule has 0 unspecified atom stereocenters. The van der Waals surface area contributed by atoms with Crippen molar-refractivity contribution in [2.24, 2.45) is 4.99 Å². The predicted molar refractivity (Wildman–Crippen MR) is 120 cm³/mol. The molecule has 2 aromatic rings. The third-order valence-corrected chi connectivity index (χ3v) is 3.94. The van der Waals surface area contributed by atoms with E-state index in [0.29, 0.717) is 28.6 Å². The van der Waals surface area contributed by atoms with Gasteiger partial charge in [0.05, 0.1) is 0 Å². The van der Waals surface area contributed by atoms with Crippen molar-refractivity contribution in [3.8, 4) is 23.0 Å². The van der Waals surface area contributed by atoms with Crippen LogP contribution in [0.4, 0.5) is 0 Å². The number of ether oxygens (including phenoxy) is 5. The fraction of sp³-hybridized carbons (Fsp3) is 0.333. The lowest BCUT2D eigenvalue weighted by atomic mass is 10.1. The van der Waals surface area contributed by atoms with E-state index in [1.165, 1.54) is 0 Å². The molecule has 3 heterocycles. The molecule has 5 rings (SSSR count). The molecule has 0 bridgehead atoms. The predicted octanol–water partition coefficient (Wildman–Crippen LogP) is 5.57. The van der Waals surface area contributed by atoms with Crippen LogP contribution >= 0.6 is 0 Å². The van der Waals surface area contributed by atoms with Crippen LogP contribution in [0.3, 0.4) is 0 Å². The zero-order valence-electron chi connectivity index (χ0n) is 18.9. The van der Waals surface area contributed by atoms with E-state index >= 15 is 0 Å². The van der Waals surface area contributed by atoms with E-state index in [0.717, 1.165) is 5.56 Å². The number of rotatable bonds is 2. The van der Waals surface area contributed by atoms with Gasteiger partial charge in [-0.3, -0.25) is 0 Å². The summed E-state index contributed by atoms with van der Waals surface area (Å²) < 4.78 is 26.5. The van der Waals surface area contributed by atoms with Crippen LogP contribution in [0.25, 0.3) is 6.08 Å². The lowest BCUT2D eigenvalue weighted by Gasteiger charge is -2.01. The quantitative estimate of drug-likeness (QED) is 0.461. The molecule has 31 heavy (non-hydrogen) atoms. The zero-order valence-corrected chi connectivity index (χ0v) is 18.9. The largest absolute Gasteiger partial charge is 0.454 e. The minimum Gasteiger partial charge on any atom is -0.454 e. The molecule has 3 aliphatic rings. The molecule has 7 nitrogen and oxygen atoms in total. The second kappa shape index (κ2) is 11.6. The third-order valence-electron chi connectivity index (χ3n) is 3.94. The number of cyclic esters (lactones) is 1. The summed E-state index contributed by atoms with van der Waals surface area (Å²) in [4.78, 5) is 16.4. The van der Waals surface area contributed by atoms with Gasteiger partial charge in [0.25, 0.3) is 0 Å². The van der Waals surface area contributed by atoms with Crippen molar-refractivity contribution in [1.82, 2.24) is 0 Å². The lowest BCUT2D eigenvalue weighted by Crippen LogP contribution is -2.05. The first-order valence-corrected chi connectivity index (χ1v) is 10.6. The number of hydrogen-bond acceptors (Lipinski definition) is 7. The second-order valence-electron chi connectivity index (χ2n) is 5.52. The second-order valence-corrected chi connectivity index (χ2v) is 5.52. The van der Waals surface area contributed by atoms with Gasteiger partial charge in [0.1, 0.15) is 0 Å². The van der Waals surface area contributed by atoms with Gasteiger partial charge < -0.3 is 23.7 Å². The number of carbonyl (C=O) groups is 1. The van der Waals surface area contributed by atoms with E-state index in [2.05, 4.69) is 4.99 Å². The molecule has 0 amide bonds. The Hall–Kier alpha value is -3.48. The van der Waals surface area contributed by atoms with Crippen LogP contribution in [0.1, 0.15) is 52.7 Å². The van der Waals surface area contributed by atoms with Gasteiger partial charge in [0.2, 0.25) is 19.5 Å². The Morgan fingerprint density at radius 1 is 0.742 bits per heavy atom. The van der Waals surface area contributed by atoms with Gasteiger partial charge in [-0.25, -0.2) is 9.79 Å². The van der Waals surface area contributed by atoms with Crippen molar-refractivity contribution >= 4 is 17.9 Å². The first-order chi connectivity index (χ1) is 15.3. The topological polar surface area (TPSA) is 75.6 Å². The third kappa shape index (κ3) is 5.36. The molecule has 7 heteroatoms. The lowest BCUT2D eigenvalue weighted by molar-refractivity contribution is -0.129. The maximum absolute atomic E-state index is 12.1. The number of aliphatic imine (C=N–C) groups is 1. The van der Waals surface area contributed by atoms with Crippen molar-refractivity contribution in [2.75, 3.05) is 13.6 Å². The Balaban J connectivity index is 0.000000527. The van der Waals surface area contributed by atoms with Crippen molar-refractivity contribution in [2.45, 2.75) is 41.5 Å². The van der Waals surface area contributed by atoms with Gasteiger partial charge in [-0.05, 0) is 42.0 Å². The molecule has 0 atom stereocenters. The molecule has 166 valence electrons. The number of benzene rings is 2. The van der Waals surface area contributed by atoms with Crippen LogP contribution in [-0.4, -0.2) is 25.5 Å². The van der Waals surface area contributed by atoms with Crippen LogP contribution in [0, 0.1) is 0 Å². The molecule has 0 spiro atoms. The summed E-state index contributed by atoms with van der Waals surface area (Å²) in [5, 5.41) is 0. The minimum absolute atomic E-state index is 0.181. The van der Waals surface area contributed by atoms with E-state index in [-0.39, 0.29) is 25.2 Å². The number of carbonyl (C=O) groups excluding carboxylic acids is 1. The average molecular weight is 427 g/mol. The summed E-state index contributed by atoms with van der Waals surface area (Å²) in [5.41, 5.74) is 1.63. The molecule has 0 fully saturated rings. The summed E-state index contributed by atoms with van der Waals surface area (Å²) in [5.74, 6) is 2.30. The van der Waals surface area contributed by atoms with Crippen molar-refractivity contribution in [1.29, 1.82) is 0 Å². The number of esters is 1. The average Bonchev–Trinajstić information content (AvgIpc) is 3.57. The van der Waals surface area contributed by atoms with Gasteiger partial charge in [0, 0.05) is 5.56 Å². The van der Waals surface area contributed by atoms with E-state index < -0.39 is 5.97 Å². The molecular weight excluding hydrogens is 398 g/mol. The highest BCUT2D eigenvalue weighted by Gasteiger charge is 2.26. The molecule has 0 saturated heterocycles. The monoisotopic (exact) mass is 427 g/mol. The maximum atomic E-state index is 12.1. The van der Waals surface area contributed by atoms with Crippen LogP contribution in [0.15, 0.2) is 47.1 Å². The highest BCUT2D eigenvalue weighted by Crippen LogP contribution is 2.35. The summed E-state index contributed by atoms with van der Waals surface area (Å²) in [6.45, 7) is 12.4. The summed E-state index contributed by atoms with van der Waals surface area (Å²) in [6, 6.07) is 10.7. The summed E-state index contributed by atoms with van der Waals surface area (Å²) >= 11 is 0. The summed E-state index contributed by atoms with van der Waals surface area (Å²) in [7, 11) is 0. The molecule has 2 aromatic carbocycles. The Morgan fingerprint density at radius 3 is 1.94 bits per heavy atom. The zero-order chi connectivity index (χ0) is 22.8. The van der Waals surface area contributed by atoms with Gasteiger partial charge in [-0.15, -0.1) is 0 Å². The summed E-state index contributed by atoms with van der Waals surface area (Å²) in [6.07, 6.45) is 1.64. The first-order valence-electron chi connectivity index (χ1n) is 10.6. The Morgan fingerprint density at radius 2 is 1.29 bits per heavy atom. The van der Waals surface area contributed by atoms with Gasteiger partial charge in [0.15, 0.2) is 28.7 Å². The number of hydrogen-bond donors (Lipinski definition) is 0. The van der Waals surface area contributed by atoms with Crippen LogP contribution < -0.4 is 18.9 Å². The Kier molecular flexibility index (Phi) is 8.94. The molecule has 0 aromatic heterocycles. The SMILES string of the molecule is CC.CC.CC.O=C1OC(c2ccc3c(c2)OCO3)=N/C1=C/c1ccc2c(c1)OCO2. The van der Waals surface area contributed by atoms with Gasteiger partial charge >= 0.3 is 5.97 Å². The van der Waals surface area contributed by atoms with Gasteiger partial charge in [-0.2, -0.15) is 0 Å². The fourth-order valence-corrected chi connectivity index (χ4v) is 2.72. The van der Waals surface area contributed by atoms with Crippen LogP contribution in [0.2, 0.25) is 0 Å². The van der Waals surface area contributed by atoms with E-state index in [1.54, 1.807) is 36.4 Å². The fourth-order valence-electron chi connectivity index (χ4n) is 2.72. The van der Waals surface area contributed by atoms with E-state index in [1.807, 2.05) is 47.6 Å². The van der Waals surface area contributed by atoms with Crippen LogP contribution in [-0.2, 0) is 9.53 Å². The molecule has 3 aliphatic heterocycles. The van der Waals surface area contributed by atoms with E-state index in [4.69, 9.17) is 23.7 Å². The standard InChI is InChI=1S/C18H11NO6.3C2H6/c20-18-12(5-10-1-3-13-15(6-10)23-8-21-13)19-17(25-18)11-2-4-14-16(7-11)24-9-22-14;3*1-2/h1-7H,8-9H2;3*1-2H3/b12-5+;;;. The van der Waals surface area contributed by atoms with Crippen molar-refractivity contribution in [3.63, 3.8) is 0 Å². The molecule has 0 N–H and O–H groups in total. The van der Waals surface area contributed by atoms with Crippen molar-refractivity contribution in [3.05, 3.63) is 53.2 Å². The van der Waals surface area contributed by atoms with E-state index in [9.17, 15) is 4.79 Å². The molecule has 0 radical (unpaired) electrons. The maximum Gasteiger partial charge on any atom is 0.363 e. The highest BCUT2D eigenvalue weighted by atomic mass is 16.7.